The highest BCUT2D eigenvalue weighted by Gasteiger charge is 2.16. The van der Waals surface area contributed by atoms with E-state index in [-0.39, 0.29) is 0 Å². The van der Waals surface area contributed by atoms with E-state index in [0.29, 0.717) is 12.0 Å². The molecule has 0 radical (unpaired) electrons. The fourth-order valence-corrected chi connectivity index (χ4v) is 2.32. The minimum atomic E-state index is 0.472. The summed E-state index contributed by atoms with van der Waals surface area (Å²) in [5.74, 6) is 0.563. The average molecular weight is 248 g/mol. The maximum atomic E-state index is 5.74. The second kappa shape index (κ2) is 7.55. The van der Waals surface area contributed by atoms with E-state index < -0.39 is 0 Å². The molecule has 0 heterocycles. The van der Waals surface area contributed by atoms with Crippen molar-refractivity contribution in [2.45, 2.75) is 39.2 Å². The zero-order valence-electron chi connectivity index (χ0n) is 12.3. The van der Waals surface area contributed by atoms with E-state index in [9.17, 15) is 0 Å². The van der Waals surface area contributed by atoms with Gasteiger partial charge in [0.05, 0.1) is 0 Å². The maximum Gasteiger partial charge on any atom is 0.0345 e. The van der Waals surface area contributed by atoms with Crippen LogP contribution in [0, 0.1) is 5.92 Å². The smallest absolute Gasteiger partial charge is 0.0345 e. The molecule has 0 saturated heterocycles. The Morgan fingerprint density at radius 2 is 1.78 bits per heavy atom. The van der Waals surface area contributed by atoms with Crippen molar-refractivity contribution in [3.8, 4) is 0 Å². The van der Waals surface area contributed by atoms with E-state index in [4.69, 9.17) is 5.73 Å². The van der Waals surface area contributed by atoms with E-state index in [1.54, 1.807) is 0 Å². The molecule has 2 unspecified atom stereocenters. The second-order valence-corrected chi connectivity index (χ2v) is 5.55. The van der Waals surface area contributed by atoms with Crippen molar-refractivity contribution >= 4 is 0 Å². The summed E-state index contributed by atoms with van der Waals surface area (Å²) in [4.78, 5) is 2.29. The van der Waals surface area contributed by atoms with Crippen molar-refractivity contribution in [2.24, 2.45) is 11.7 Å². The van der Waals surface area contributed by atoms with Crippen LogP contribution in [0.3, 0.4) is 0 Å². The van der Waals surface area contributed by atoms with Gasteiger partial charge in [-0.05, 0) is 50.5 Å². The first kappa shape index (κ1) is 15.2. The van der Waals surface area contributed by atoms with Crippen LogP contribution < -0.4 is 5.73 Å². The Bertz CT molecular complexity index is 329. The Hall–Kier alpha value is -0.860. The number of benzene rings is 1. The van der Waals surface area contributed by atoms with Gasteiger partial charge in [0, 0.05) is 6.04 Å². The van der Waals surface area contributed by atoms with Crippen LogP contribution in [0.2, 0.25) is 0 Å². The minimum absolute atomic E-state index is 0.472. The molecule has 1 aromatic rings. The van der Waals surface area contributed by atoms with Gasteiger partial charge < -0.3 is 10.6 Å². The topological polar surface area (TPSA) is 29.3 Å². The fraction of sp³-hybridized carbons (Fsp3) is 0.625. The number of nitrogens with two attached hydrogens (primary N) is 1. The summed E-state index contributed by atoms with van der Waals surface area (Å²) in [6.07, 6.45) is 3.50. The van der Waals surface area contributed by atoms with Crippen LogP contribution in [0.25, 0.3) is 0 Å². The van der Waals surface area contributed by atoms with E-state index in [1.807, 2.05) is 0 Å². The number of rotatable bonds is 7. The van der Waals surface area contributed by atoms with Crippen LogP contribution in [-0.4, -0.2) is 25.5 Å². The average Bonchev–Trinajstić information content (AvgIpc) is 2.37. The third kappa shape index (κ3) is 4.43. The summed E-state index contributed by atoms with van der Waals surface area (Å²) in [5.41, 5.74) is 8.58. The molecule has 102 valence electrons. The normalized spacial score (nSPS) is 14.8. The monoisotopic (exact) mass is 248 g/mol. The quantitative estimate of drug-likeness (QED) is 0.802. The highest BCUT2D eigenvalue weighted by molar-refractivity contribution is 5.25. The van der Waals surface area contributed by atoms with E-state index in [0.717, 1.165) is 13.0 Å². The van der Waals surface area contributed by atoms with Gasteiger partial charge in [-0.15, -0.1) is 0 Å². The zero-order chi connectivity index (χ0) is 13.5. The molecule has 0 aliphatic carbocycles. The lowest BCUT2D eigenvalue weighted by Crippen LogP contribution is -2.24. The molecule has 0 fully saturated rings. The molecule has 1 aromatic carbocycles. The standard InChI is InChI=1S/C16H28N2/c1-5-6-14-7-9-15(10-8-14)16(18(3)4)11-13(2)12-17/h7-10,13,16H,5-6,11-12,17H2,1-4H3. The Labute approximate surface area is 112 Å². The molecule has 1 rings (SSSR count). The summed E-state index contributed by atoms with van der Waals surface area (Å²) in [5, 5.41) is 0. The van der Waals surface area contributed by atoms with Gasteiger partial charge in [-0.25, -0.2) is 0 Å². The van der Waals surface area contributed by atoms with Crippen molar-refractivity contribution in [1.82, 2.24) is 4.90 Å². The van der Waals surface area contributed by atoms with Crippen molar-refractivity contribution in [3.63, 3.8) is 0 Å². The van der Waals surface area contributed by atoms with Crippen LogP contribution in [-0.2, 0) is 6.42 Å². The largest absolute Gasteiger partial charge is 0.330 e. The van der Waals surface area contributed by atoms with Gasteiger partial charge in [0.25, 0.3) is 0 Å². The molecule has 18 heavy (non-hydrogen) atoms. The van der Waals surface area contributed by atoms with E-state index >= 15 is 0 Å². The maximum absolute atomic E-state index is 5.74. The summed E-state index contributed by atoms with van der Waals surface area (Å²) in [6, 6.07) is 9.56. The van der Waals surface area contributed by atoms with Gasteiger partial charge in [-0.2, -0.15) is 0 Å². The van der Waals surface area contributed by atoms with Gasteiger partial charge in [-0.1, -0.05) is 44.5 Å². The van der Waals surface area contributed by atoms with Crippen molar-refractivity contribution < 1.29 is 0 Å². The van der Waals surface area contributed by atoms with Gasteiger partial charge in [-0.3, -0.25) is 0 Å². The van der Waals surface area contributed by atoms with Crippen molar-refractivity contribution in [1.29, 1.82) is 0 Å². The Morgan fingerprint density at radius 3 is 2.22 bits per heavy atom. The van der Waals surface area contributed by atoms with E-state index in [2.05, 4.69) is 57.1 Å². The zero-order valence-corrected chi connectivity index (χ0v) is 12.3. The molecule has 2 heteroatoms. The number of aryl methyl sites for hydroxylation is 1. The van der Waals surface area contributed by atoms with Crippen LogP contribution >= 0.6 is 0 Å². The second-order valence-electron chi connectivity index (χ2n) is 5.55. The number of hydrogen-bond donors (Lipinski definition) is 1. The highest BCUT2D eigenvalue weighted by Crippen LogP contribution is 2.26. The lowest BCUT2D eigenvalue weighted by molar-refractivity contribution is 0.255. The van der Waals surface area contributed by atoms with Gasteiger partial charge >= 0.3 is 0 Å². The first-order valence-corrected chi connectivity index (χ1v) is 7.03. The van der Waals surface area contributed by atoms with Crippen LogP contribution in [0.1, 0.15) is 43.9 Å². The molecule has 2 nitrogen and oxygen atoms in total. The molecular formula is C16H28N2. The molecule has 0 aliphatic rings. The lowest BCUT2D eigenvalue weighted by atomic mass is 9.94. The molecular weight excluding hydrogens is 220 g/mol. The van der Waals surface area contributed by atoms with Crippen molar-refractivity contribution in [3.05, 3.63) is 35.4 Å². The van der Waals surface area contributed by atoms with Crippen LogP contribution in [0.4, 0.5) is 0 Å². The SMILES string of the molecule is CCCc1ccc(C(CC(C)CN)N(C)C)cc1. The van der Waals surface area contributed by atoms with Gasteiger partial charge in [0.2, 0.25) is 0 Å². The molecule has 0 spiro atoms. The van der Waals surface area contributed by atoms with Crippen LogP contribution in [0.5, 0.6) is 0 Å². The Balaban J connectivity index is 2.79. The Morgan fingerprint density at radius 1 is 1.17 bits per heavy atom. The number of nitrogens with zero attached hydrogens (tertiary/aromatic N) is 1. The minimum Gasteiger partial charge on any atom is -0.330 e. The highest BCUT2D eigenvalue weighted by atomic mass is 15.1. The summed E-state index contributed by atoms with van der Waals surface area (Å²) >= 11 is 0. The number of hydrogen-bond acceptors (Lipinski definition) is 2. The van der Waals surface area contributed by atoms with Crippen LogP contribution in [0.15, 0.2) is 24.3 Å². The molecule has 2 N–H and O–H groups in total. The molecule has 0 amide bonds. The first-order valence-electron chi connectivity index (χ1n) is 7.03. The third-order valence-electron chi connectivity index (χ3n) is 3.55. The summed E-state index contributed by atoms with van der Waals surface area (Å²) < 4.78 is 0. The predicted octanol–water partition coefficient (Wildman–Crippen LogP) is 3.23. The Kier molecular flexibility index (Phi) is 6.37. The van der Waals surface area contributed by atoms with Crippen molar-refractivity contribution in [2.75, 3.05) is 20.6 Å². The van der Waals surface area contributed by atoms with E-state index in [1.165, 1.54) is 24.0 Å². The predicted molar refractivity (Wildman–Crippen MR) is 79.7 cm³/mol. The molecule has 0 aromatic heterocycles. The molecule has 2 atom stereocenters. The van der Waals surface area contributed by atoms with Gasteiger partial charge in [0.15, 0.2) is 0 Å². The lowest BCUT2D eigenvalue weighted by Gasteiger charge is -2.27. The molecule has 0 aliphatic heterocycles. The van der Waals surface area contributed by atoms with Gasteiger partial charge in [0.1, 0.15) is 0 Å². The molecule has 0 saturated carbocycles. The fourth-order valence-electron chi connectivity index (χ4n) is 2.32. The summed E-state index contributed by atoms with van der Waals surface area (Å²) in [7, 11) is 4.29. The molecule has 0 bridgehead atoms. The first-order chi connectivity index (χ1) is 8.58. The third-order valence-corrected chi connectivity index (χ3v) is 3.55. The summed E-state index contributed by atoms with van der Waals surface area (Å²) in [6.45, 7) is 5.21.